The maximum Gasteiger partial charge on any atom is 0.135 e. The number of rotatable bonds is 5. The standard InChI is InChI=1S/C38H27N4O.Pt/c1-26-20-27(2)22-29(21-26)41-25-40(35-14-5-6-15-36(35)41)28-10-9-11-30(23-28)43-31-17-18-33-32-12-3-4-13-34(32)42(37(33)24-31)38-16-7-8-19-39-38;/h3-22,25H,1-2H3;/q-3;. The van der Waals surface area contributed by atoms with E-state index in [0.29, 0.717) is 11.5 Å². The number of aryl methyl sites for hydroxylation is 2. The van der Waals surface area contributed by atoms with Crippen LogP contribution < -0.4 is 14.5 Å². The van der Waals surface area contributed by atoms with Gasteiger partial charge in [-0.05, 0) is 72.8 Å². The van der Waals surface area contributed by atoms with Crippen molar-refractivity contribution >= 4 is 44.6 Å². The van der Waals surface area contributed by atoms with E-state index < -0.39 is 0 Å². The third-order valence-electron chi connectivity index (χ3n) is 7.78. The summed E-state index contributed by atoms with van der Waals surface area (Å²) in [7, 11) is 0. The molecule has 0 amide bonds. The van der Waals surface area contributed by atoms with Crippen molar-refractivity contribution in [2.24, 2.45) is 0 Å². The Balaban J connectivity index is 0.00000312. The van der Waals surface area contributed by atoms with Crippen LogP contribution in [0.3, 0.4) is 0 Å². The zero-order valence-corrected chi connectivity index (χ0v) is 26.4. The Bertz CT molecular complexity index is 2120. The largest absolute Gasteiger partial charge is 0.509 e. The van der Waals surface area contributed by atoms with Crippen LogP contribution in [0, 0.1) is 32.6 Å². The van der Waals surface area contributed by atoms with Crippen LogP contribution in [0.5, 0.6) is 11.5 Å². The first kappa shape index (κ1) is 27.9. The Morgan fingerprint density at radius 1 is 0.659 bits per heavy atom. The van der Waals surface area contributed by atoms with Gasteiger partial charge in [0, 0.05) is 61.3 Å². The molecule has 8 rings (SSSR count). The van der Waals surface area contributed by atoms with Gasteiger partial charge in [0.05, 0.1) is 0 Å². The average molecular weight is 751 g/mol. The van der Waals surface area contributed by atoms with Gasteiger partial charge in [-0.2, -0.15) is 12.1 Å². The zero-order chi connectivity index (χ0) is 28.9. The van der Waals surface area contributed by atoms with Crippen molar-refractivity contribution < 1.29 is 25.8 Å². The molecule has 0 saturated carbocycles. The van der Waals surface area contributed by atoms with Gasteiger partial charge >= 0.3 is 0 Å². The molecule has 0 N–H and O–H groups in total. The summed E-state index contributed by atoms with van der Waals surface area (Å²) >= 11 is 0. The summed E-state index contributed by atoms with van der Waals surface area (Å²) in [5, 5.41) is 2.25. The Kier molecular flexibility index (Phi) is 7.19. The minimum atomic E-state index is 0. The number of hydrogen-bond donors (Lipinski definition) is 0. The van der Waals surface area contributed by atoms with Crippen LogP contribution in [-0.4, -0.2) is 9.55 Å². The number of nitrogens with zero attached hydrogens (tertiary/aromatic N) is 4. The Morgan fingerprint density at radius 2 is 1.39 bits per heavy atom. The molecule has 5 nitrogen and oxygen atoms in total. The molecule has 3 heterocycles. The van der Waals surface area contributed by atoms with Gasteiger partial charge in [0.25, 0.3) is 0 Å². The van der Waals surface area contributed by atoms with Crippen molar-refractivity contribution in [3.63, 3.8) is 0 Å². The van der Waals surface area contributed by atoms with Gasteiger partial charge in [0.1, 0.15) is 5.82 Å². The van der Waals surface area contributed by atoms with Crippen molar-refractivity contribution in [1.29, 1.82) is 0 Å². The van der Waals surface area contributed by atoms with Crippen molar-refractivity contribution in [3.05, 3.63) is 151 Å². The maximum atomic E-state index is 6.41. The third kappa shape index (κ3) is 4.84. The molecular weight excluding hydrogens is 724 g/mol. The molecule has 0 spiro atoms. The second-order valence-corrected chi connectivity index (χ2v) is 10.8. The number of pyridine rings is 1. The first-order valence-corrected chi connectivity index (χ1v) is 14.3. The fraction of sp³-hybridized carbons (Fsp3) is 0.0526. The van der Waals surface area contributed by atoms with Crippen molar-refractivity contribution in [1.82, 2.24) is 9.55 Å². The van der Waals surface area contributed by atoms with Gasteiger partial charge < -0.3 is 19.1 Å². The quantitative estimate of drug-likeness (QED) is 0.164. The van der Waals surface area contributed by atoms with E-state index in [1.54, 1.807) is 0 Å². The van der Waals surface area contributed by atoms with Crippen LogP contribution in [0.4, 0.5) is 22.7 Å². The number of aromatic nitrogens is 2. The second-order valence-electron chi connectivity index (χ2n) is 10.8. The molecule has 2 aromatic heterocycles. The molecule has 6 heteroatoms. The minimum absolute atomic E-state index is 0. The van der Waals surface area contributed by atoms with Crippen LogP contribution in [0.2, 0.25) is 0 Å². The molecule has 0 bridgehead atoms. The van der Waals surface area contributed by atoms with Crippen LogP contribution in [0.25, 0.3) is 27.6 Å². The van der Waals surface area contributed by atoms with Gasteiger partial charge in [-0.3, -0.25) is 0 Å². The molecule has 0 unspecified atom stereocenters. The summed E-state index contributed by atoms with van der Waals surface area (Å²) in [4.78, 5) is 9.02. The van der Waals surface area contributed by atoms with Gasteiger partial charge in [-0.15, -0.1) is 48.1 Å². The number of para-hydroxylation sites is 3. The van der Waals surface area contributed by atoms with E-state index in [1.165, 1.54) is 11.1 Å². The summed E-state index contributed by atoms with van der Waals surface area (Å²) in [6.45, 7) is 6.39. The summed E-state index contributed by atoms with van der Waals surface area (Å²) in [6.07, 6.45) is 1.81. The van der Waals surface area contributed by atoms with Crippen LogP contribution >= 0.6 is 0 Å². The third-order valence-corrected chi connectivity index (χ3v) is 7.78. The van der Waals surface area contributed by atoms with Gasteiger partial charge in [0.15, 0.2) is 0 Å². The van der Waals surface area contributed by atoms with E-state index in [0.717, 1.165) is 50.4 Å². The van der Waals surface area contributed by atoms with E-state index >= 15 is 0 Å². The number of benzene rings is 5. The van der Waals surface area contributed by atoms with Crippen molar-refractivity contribution in [2.45, 2.75) is 13.8 Å². The number of anilines is 4. The number of fused-ring (bicyclic) bond motifs is 4. The fourth-order valence-electron chi connectivity index (χ4n) is 6.01. The van der Waals surface area contributed by atoms with Crippen molar-refractivity contribution in [2.75, 3.05) is 9.80 Å². The molecule has 218 valence electrons. The van der Waals surface area contributed by atoms with E-state index in [-0.39, 0.29) is 21.1 Å². The topological polar surface area (TPSA) is 33.5 Å². The van der Waals surface area contributed by atoms with Crippen LogP contribution in [0.15, 0.2) is 121 Å². The molecule has 0 aliphatic carbocycles. The van der Waals surface area contributed by atoms with Crippen molar-refractivity contribution in [3.8, 4) is 17.3 Å². The monoisotopic (exact) mass is 750 g/mol. The summed E-state index contributed by atoms with van der Waals surface area (Å²) in [5.74, 6) is 2.07. The smallest absolute Gasteiger partial charge is 0.135 e. The molecule has 5 aromatic carbocycles. The molecule has 0 radical (unpaired) electrons. The SMILES string of the molecule is Cc1cc(C)cc(N2[CH-]N(c3[c-]c(Oc4[c-]c5c(cc4)c4ccccc4n5-c4ccccn4)ccc3)c3ccccc32)c1.[Pt]. The first-order valence-electron chi connectivity index (χ1n) is 14.3. The molecule has 44 heavy (non-hydrogen) atoms. The first-order chi connectivity index (χ1) is 21.1. The minimum Gasteiger partial charge on any atom is -0.509 e. The van der Waals surface area contributed by atoms with Crippen LogP contribution in [0.1, 0.15) is 11.1 Å². The molecule has 1 aliphatic rings. The summed E-state index contributed by atoms with van der Waals surface area (Å²) < 4.78 is 8.54. The van der Waals surface area contributed by atoms with E-state index in [4.69, 9.17) is 4.74 Å². The molecule has 1 aliphatic heterocycles. The Labute approximate surface area is 271 Å². The van der Waals surface area contributed by atoms with Gasteiger partial charge in [-0.25, -0.2) is 4.98 Å². The summed E-state index contributed by atoms with van der Waals surface area (Å²) in [5.41, 5.74) is 8.69. The fourth-order valence-corrected chi connectivity index (χ4v) is 6.01. The maximum absolute atomic E-state index is 6.41. The van der Waals surface area contributed by atoms with E-state index in [1.807, 2.05) is 48.7 Å². The predicted octanol–water partition coefficient (Wildman–Crippen LogP) is 9.59. The Hall–Kier alpha value is -4.86. The van der Waals surface area contributed by atoms with Gasteiger partial charge in [0.2, 0.25) is 0 Å². The predicted molar refractivity (Wildman–Crippen MR) is 174 cm³/mol. The van der Waals surface area contributed by atoms with Gasteiger partial charge in [-0.1, -0.05) is 48.0 Å². The molecule has 0 fully saturated rings. The molecule has 7 aromatic rings. The number of hydrogen-bond acceptors (Lipinski definition) is 4. The average Bonchev–Trinajstić information content (AvgIpc) is 3.57. The van der Waals surface area contributed by atoms with E-state index in [9.17, 15) is 0 Å². The molecule has 0 saturated heterocycles. The Morgan fingerprint density at radius 3 is 2.18 bits per heavy atom. The molecular formula is C38H27N4OPt-3. The molecule has 0 atom stereocenters. The number of ether oxygens (including phenoxy) is 1. The van der Waals surface area contributed by atoms with Crippen LogP contribution in [-0.2, 0) is 21.1 Å². The second kappa shape index (κ2) is 11.3. The van der Waals surface area contributed by atoms with E-state index in [2.05, 4.69) is 125 Å². The summed E-state index contributed by atoms with van der Waals surface area (Å²) in [6, 6.07) is 46.4. The zero-order valence-electron chi connectivity index (χ0n) is 24.1. The normalized spacial score (nSPS) is 12.4.